The lowest BCUT2D eigenvalue weighted by Crippen LogP contribution is -2.35. The maximum atomic E-state index is 13.1. The number of aliphatic hydroxyl groups excluding tert-OH is 1. The van der Waals surface area contributed by atoms with Crippen molar-refractivity contribution in [3.8, 4) is 0 Å². The average molecular weight is 441 g/mol. The number of Topliss-reactive ketones (excluding diaryl/α,β-unsaturated/α-hetero) is 1. The summed E-state index contributed by atoms with van der Waals surface area (Å²) in [5.74, 6) is -2.15. The molecule has 1 aromatic carbocycles. The third-order valence-electron chi connectivity index (χ3n) is 5.72. The van der Waals surface area contributed by atoms with Gasteiger partial charge >= 0.3 is 5.97 Å². The molecule has 32 heavy (non-hydrogen) atoms. The molecule has 1 aromatic heterocycles. The van der Waals surface area contributed by atoms with E-state index < -0.39 is 23.7 Å². The summed E-state index contributed by atoms with van der Waals surface area (Å²) in [6.07, 6.45) is 0. The molecular weight excluding hydrogens is 412 g/mol. The zero-order valence-corrected chi connectivity index (χ0v) is 19.2. The zero-order valence-electron chi connectivity index (χ0n) is 19.2. The van der Waals surface area contributed by atoms with Crippen molar-refractivity contribution in [2.75, 3.05) is 34.3 Å². The van der Waals surface area contributed by atoms with Gasteiger partial charge in [-0.3, -0.25) is 14.3 Å². The van der Waals surface area contributed by atoms with Crippen LogP contribution < -0.4 is 0 Å². The van der Waals surface area contributed by atoms with Gasteiger partial charge in [0.2, 0.25) is 0 Å². The van der Waals surface area contributed by atoms with Crippen molar-refractivity contribution >= 4 is 23.4 Å². The van der Waals surface area contributed by atoms with Crippen molar-refractivity contribution in [3.05, 3.63) is 57.9 Å². The molecule has 1 N–H and O–H groups in total. The second kappa shape index (κ2) is 8.96. The summed E-state index contributed by atoms with van der Waals surface area (Å²) in [5.41, 5.74) is 2.64. The van der Waals surface area contributed by atoms with E-state index >= 15 is 0 Å². The molecule has 0 radical (unpaired) electrons. The highest BCUT2D eigenvalue weighted by atomic mass is 16.5. The van der Waals surface area contributed by atoms with E-state index in [2.05, 4.69) is 5.10 Å². The molecule has 1 amide bonds. The molecule has 9 heteroatoms. The van der Waals surface area contributed by atoms with Gasteiger partial charge in [0.15, 0.2) is 0 Å². The number of ketones is 1. The number of rotatable bonds is 6. The monoisotopic (exact) mass is 440 g/mol. The molecular formula is C23H28N4O5. The summed E-state index contributed by atoms with van der Waals surface area (Å²) < 4.78 is 6.36. The maximum absolute atomic E-state index is 13.1. The maximum Gasteiger partial charge on any atom is 0.337 e. The largest absolute Gasteiger partial charge is 0.507 e. The fraction of sp³-hybridized carbons (Fsp3) is 0.391. The van der Waals surface area contributed by atoms with Crippen LogP contribution in [-0.2, 0) is 21.4 Å². The van der Waals surface area contributed by atoms with Crippen molar-refractivity contribution in [1.29, 1.82) is 0 Å². The van der Waals surface area contributed by atoms with E-state index in [0.29, 0.717) is 41.2 Å². The van der Waals surface area contributed by atoms with Gasteiger partial charge in [0, 0.05) is 25.8 Å². The van der Waals surface area contributed by atoms with Crippen molar-refractivity contribution < 1.29 is 24.2 Å². The van der Waals surface area contributed by atoms with Gasteiger partial charge in [-0.15, -0.1) is 0 Å². The summed E-state index contributed by atoms with van der Waals surface area (Å²) in [7, 11) is 6.79. The van der Waals surface area contributed by atoms with Crippen LogP contribution in [0.5, 0.6) is 0 Å². The summed E-state index contributed by atoms with van der Waals surface area (Å²) >= 11 is 0. The smallest absolute Gasteiger partial charge is 0.337 e. The number of carbonyl (C=O) groups excluding carboxylic acids is 3. The molecule has 3 rings (SSSR count). The Balaban J connectivity index is 2.18. The van der Waals surface area contributed by atoms with Crippen LogP contribution in [0.15, 0.2) is 29.8 Å². The Morgan fingerprint density at radius 3 is 2.31 bits per heavy atom. The average Bonchev–Trinajstić information content (AvgIpc) is 3.16. The molecule has 0 saturated carbocycles. The third-order valence-corrected chi connectivity index (χ3v) is 5.72. The van der Waals surface area contributed by atoms with Gasteiger partial charge in [-0.1, -0.05) is 12.1 Å². The van der Waals surface area contributed by atoms with Crippen LogP contribution >= 0.6 is 0 Å². The molecule has 170 valence electrons. The summed E-state index contributed by atoms with van der Waals surface area (Å²) in [4.78, 5) is 41.2. The first kappa shape index (κ1) is 23.2. The van der Waals surface area contributed by atoms with Crippen LogP contribution in [0.3, 0.4) is 0 Å². The molecule has 1 fully saturated rings. The summed E-state index contributed by atoms with van der Waals surface area (Å²) in [5, 5.41) is 15.6. The Morgan fingerprint density at radius 2 is 1.81 bits per heavy atom. The van der Waals surface area contributed by atoms with E-state index in [1.807, 2.05) is 19.0 Å². The molecule has 1 aliphatic heterocycles. The van der Waals surface area contributed by atoms with E-state index in [1.165, 1.54) is 12.0 Å². The summed E-state index contributed by atoms with van der Waals surface area (Å²) in [6, 6.07) is 5.70. The number of aromatic nitrogens is 2. The van der Waals surface area contributed by atoms with Crippen LogP contribution in [0.1, 0.15) is 38.9 Å². The van der Waals surface area contributed by atoms with Gasteiger partial charge in [0.1, 0.15) is 5.76 Å². The summed E-state index contributed by atoms with van der Waals surface area (Å²) in [6.45, 7) is 4.36. The topological polar surface area (TPSA) is 105 Å². The molecule has 2 aromatic rings. The fourth-order valence-corrected chi connectivity index (χ4v) is 3.94. The van der Waals surface area contributed by atoms with Crippen LogP contribution in [0.2, 0.25) is 0 Å². The number of hydrogen-bond acceptors (Lipinski definition) is 7. The Kier molecular flexibility index (Phi) is 6.50. The molecule has 1 atom stereocenters. The minimum atomic E-state index is -0.791. The Bertz CT molecular complexity index is 1100. The highest BCUT2D eigenvalue weighted by Crippen LogP contribution is 2.40. The number of aliphatic hydroxyl groups is 1. The fourth-order valence-electron chi connectivity index (χ4n) is 3.94. The number of carbonyl (C=O) groups is 3. The number of ether oxygens (including phenoxy) is 1. The van der Waals surface area contributed by atoms with Crippen molar-refractivity contribution in [1.82, 2.24) is 19.6 Å². The predicted octanol–water partition coefficient (Wildman–Crippen LogP) is 1.81. The van der Waals surface area contributed by atoms with Gasteiger partial charge in [-0.2, -0.15) is 5.10 Å². The van der Waals surface area contributed by atoms with Gasteiger partial charge in [-0.25, -0.2) is 4.79 Å². The second-order valence-electron chi connectivity index (χ2n) is 8.08. The molecule has 0 spiro atoms. The van der Waals surface area contributed by atoms with Crippen LogP contribution in [0.25, 0.3) is 5.76 Å². The van der Waals surface area contributed by atoms with E-state index in [4.69, 9.17) is 4.74 Å². The standard InChI is InChI=1S/C23H28N4O5/c1-13-17(14(2)26(5)24-13)20(28)18-19(15-7-9-16(10-8-15)23(31)32-6)27(12-11-25(3)4)22(30)21(18)29/h7-10,19,28H,11-12H2,1-6H3/b20-18+/t19-/m0/s1. The number of benzene rings is 1. The normalized spacial score (nSPS) is 18.0. The van der Waals surface area contributed by atoms with E-state index in [9.17, 15) is 19.5 Å². The molecule has 9 nitrogen and oxygen atoms in total. The van der Waals surface area contributed by atoms with E-state index in [0.717, 1.165) is 0 Å². The van der Waals surface area contributed by atoms with Crippen LogP contribution in [0.4, 0.5) is 0 Å². The highest BCUT2D eigenvalue weighted by Gasteiger charge is 2.46. The number of esters is 1. The number of hydrogen-bond donors (Lipinski definition) is 1. The number of amides is 1. The molecule has 0 unspecified atom stereocenters. The Labute approximate surface area is 186 Å². The van der Waals surface area contributed by atoms with Crippen LogP contribution in [-0.4, -0.2) is 76.6 Å². The lowest BCUT2D eigenvalue weighted by molar-refractivity contribution is -0.140. The number of methoxy groups -OCH3 is 1. The third kappa shape index (κ3) is 4.03. The van der Waals surface area contributed by atoms with Crippen molar-refractivity contribution in [2.45, 2.75) is 19.9 Å². The van der Waals surface area contributed by atoms with Gasteiger partial charge < -0.3 is 19.6 Å². The number of nitrogens with zero attached hydrogens (tertiary/aromatic N) is 4. The van der Waals surface area contributed by atoms with Gasteiger partial charge in [0.05, 0.1) is 35.5 Å². The minimum absolute atomic E-state index is 0.0128. The SMILES string of the molecule is COC(=O)c1ccc([C@H]2/C(=C(\O)c3c(C)nn(C)c3C)C(=O)C(=O)N2CCN(C)C)cc1. The molecule has 0 aliphatic carbocycles. The first-order valence-corrected chi connectivity index (χ1v) is 10.2. The van der Waals surface area contributed by atoms with Crippen molar-refractivity contribution in [3.63, 3.8) is 0 Å². The van der Waals surface area contributed by atoms with Gasteiger partial charge in [-0.05, 0) is 45.6 Å². The van der Waals surface area contributed by atoms with Crippen molar-refractivity contribution in [2.24, 2.45) is 7.05 Å². The highest BCUT2D eigenvalue weighted by molar-refractivity contribution is 6.46. The molecule has 0 bridgehead atoms. The van der Waals surface area contributed by atoms with E-state index in [-0.39, 0.29) is 11.3 Å². The predicted molar refractivity (Wildman–Crippen MR) is 118 cm³/mol. The quantitative estimate of drug-likeness (QED) is 0.316. The zero-order chi connectivity index (χ0) is 23.7. The lowest BCUT2D eigenvalue weighted by atomic mass is 9.94. The van der Waals surface area contributed by atoms with E-state index in [1.54, 1.807) is 49.8 Å². The van der Waals surface area contributed by atoms with Crippen LogP contribution in [0, 0.1) is 13.8 Å². The second-order valence-corrected chi connectivity index (χ2v) is 8.08. The first-order chi connectivity index (χ1) is 15.1. The molecule has 1 aliphatic rings. The Hall–Kier alpha value is -3.46. The first-order valence-electron chi connectivity index (χ1n) is 10.2. The number of likely N-dealkylation sites (N-methyl/N-ethyl adjacent to an activating group) is 1. The minimum Gasteiger partial charge on any atom is -0.507 e. The number of aryl methyl sites for hydroxylation is 2. The Morgan fingerprint density at radius 1 is 1.19 bits per heavy atom. The number of likely N-dealkylation sites (tertiary alicyclic amines) is 1. The van der Waals surface area contributed by atoms with Gasteiger partial charge in [0.25, 0.3) is 11.7 Å². The molecule has 1 saturated heterocycles. The molecule has 2 heterocycles. The lowest BCUT2D eigenvalue weighted by Gasteiger charge is -2.26.